The van der Waals surface area contributed by atoms with Crippen molar-refractivity contribution in [3.05, 3.63) is 47.3 Å². The first kappa shape index (κ1) is 11.4. The Kier molecular flexibility index (Phi) is 2.95. The van der Waals surface area contributed by atoms with Crippen LogP contribution in [-0.4, -0.2) is 14.9 Å². The van der Waals surface area contributed by atoms with Crippen LogP contribution >= 0.6 is 0 Å². The van der Waals surface area contributed by atoms with Crippen LogP contribution in [0.5, 0.6) is 11.5 Å². The van der Waals surface area contributed by atoms with Gasteiger partial charge in [0.2, 0.25) is 0 Å². The van der Waals surface area contributed by atoms with Crippen molar-refractivity contribution in [3.8, 4) is 11.5 Å². The van der Waals surface area contributed by atoms with Crippen LogP contribution in [0, 0.1) is 13.8 Å². The van der Waals surface area contributed by atoms with Gasteiger partial charge in [-0.25, -0.2) is 0 Å². The molecule has 1 aromatic carbocycles. The largest absolute Gasteiger partial charge is 0.504 e. The second-order valence-electron chi connectivity index (χ2n) is 4.07. The molecule has 2 rings (SSSR count). The lowest BCUT2D eigenvalue weighted by Crippen LogP contribution is -2.16. The number of rotatable bonds is 3. The van der Waals surface area contributed by atoms with E-state index in [1.165, 1.54) is 6.07 Å². The number of hydrogen-bond acceptors (Lipinski definition) is 3. The SMILES string of the molecule is Cc1ccc(C)n1NCc1cccc(O)c1O. The summed E-state index contributed by atoms with van der Waals surface area (Å²) in [4.78, 5) is 0. The molecule has 0 saturated carbocycles. The van der Waals surface area contributed by atoms with Crippen molar-refractivity contribution in [2.24, 2.45) is 0 Å². The summed E-state index contributed by atoms with van der Waals surface area (Å²) in [5, 5.41) is 19.0. The van der Waals surface area contributed by atoms with E-state index in [0.29, 0.717) is 12.1 Å². The Labute approximate surface area is 100 Å². The molecule has 1 aromatic heterocycles. The minimum absolute atomic E-state index is 0.0672. The van der Waals surface area contributed by atoms with Crippen molar-refractivity contribution in [2.45, 2.75) is 20.4 Å². The fourth-order valence-corrected chi connectivity index (χ4v) is 1.80. The Morgan fingerprint density at radius 1 is 1.06 bits per heavy atom. The molecule has 1 heterocycles. The van der Waals surface area contributed by atoms with Crippen LogP contribution in [0.15, 0.2) is 30.3 Å². The zero-order valence-electron chi connectivity index (χ0n) is 9.94. The van der Waals surface area contributed by atoms with E-state index < -0.39 is 0 Å². The van der Waals surface area contributed by atoms with Gasteiger partial charge in [-0.1, -0.05) is 12.1 Å². The Bertz CT molecular complexity index is 513. The molecule has 3 N–H and O–H groups in total. The van der Waals surface area contributed by atoms with E-state index in [1.54, 1.807) is 12.1 Å². The lowest BCUT2D eigenvalue weighted by atomic mass is 10.2. The van der Waals surface area contributed by atoms with Crippen LogP contribution < -0.4 is 5.43 Å². The van der Waals surface area contributed by atoms with Gasteiger partial charge >= 0.3 is 0 Å². The lowest BCUT2D eigenvalue weighted by molar-refractivity contribution is 0.399. The number of nitrogens with one attached hydrogen (secondary N) is 1. The summed E-state index contributed by atoms with van der Waals surface area (Å²) in [7, 11) is 0. The first-order valence-corrected chi connectivity index (χ1v) is 5.48. The Balaban J connectivity index is 2.15. The molecule has 0 aliphatic carbocycles. The van der Waals surface area contributed by atoms with E-state index in [-0.39, 0.29) is 11.5 Å². The average molecular weight is 232 g/mol. The highest BCUT2D eigenvalue weighted by molar-refractivity contribution is 5.44. The highest BCUT2D eigenvalue weighted by atomic mass is 16.3. The normalized spacial score (nSPS) is 10.5. The van der Waals surface area contributed by atoms with Gasteiger partial charge in [0, 0.05) is 17.0 Å². The van der Waals surface area contributed by atoms with Crippen molar-refractivity contribution in [1.29, 1.82) is 0 Å². The molecular weight excluding hydrogens is 216 g/mol. The van der Waals surface area contributed by atoms with Gasteiger partial charge < -0.3 is 15.6 Å². The Morgan fingerprint density at radius 2 is 1.71 bits per heavy atom. The molecule has 0 saturated heterocycles. The molecule has 0 radical (unpaired) electrons. The maximum absolute atomic E-state index is 9.67. The fraction of sp³-hybridized carbons (Fsp3) is 0.231. The van der Waals surface area contributed by atoms with E-state index in [9.17, 15) is 10.2 Å². The quantitative estimate of drug-likeness (QED) is 0.711. The first-order chi connectivity index (χ1) is 8.09. The smallest absolute Gasteiger partial charge is 0.162 e. The summed E-state index contributed by atoms with van der Waals surface area (Å²) >= 11 is 0. The zero-order chi connectivity index (χ0) is 12.4. The summed E-state index contributed by atoms with van der Waals surface area (Å²) in [6.45, 7) is 4.46. The van der Waals surface area contributed by atoms with Gasteiger partial charge in [-0.3, -0.25) is 4.68 Å². The molecule has 0 fully saturated rings. The molecule has 0 aliphatic heterocycles. The molecule has 4 nitrogen and oxygen atoms in total. The van der Waals surface area contributed by atoms with Crippen LogP contribution in [-0.2, 0) is 6.54 Å². The van der Waals surface area contributed by atoms with Gasteiger partial charge in [-0.05, 0) is 32.0 Å². The second kappa shape index (κ2) is 4.41. The monoisotopic (exact) mass is 232 g/mol. The molecule has 0 spiro atoms. The number of para-hydroxylation sites is 1. The van der Waals surface area contributed by atoms with E-state index in [2.05, 4.69) is 5.43 Å². The highest BCUT2D eigenvalue weighted by Gasteiger charge is 2.06. The molecule has 0 unspecified atom stereocenters. The molecular formula is C13H16N2O2. The van der Waals surface area contributed by atoms with Gasteiger partial charge in [0.05, 0.1) is 6.54 Å². The molecule has 2 aromatic rings. The van der Waals surface area contributed by atoms with Crippen LogP contribution in [0.2, 0.25) is 0 Å². The van der Waals surface area contributed by atoms with Gasteiger partial charge in [0.25, 0.3) is 0 Å². The summed E-state index contributed by atoms with van der Waals surface area (Å²) in [5.74, 6) is -0.160. The van der Waals surface area contributed by atoms with Crippen LogP contribution in [0.1, 0.15) is 17.0 Å². The molecule has 0 bridgehead atoms. The number of aromatic nitrogens is 1. The summed E-state index contributed by atoms with van der Waals surface area (Å²) < 4.78 is 1.95. The lowest BCUT2D eigenvalue weighted by Gasteiger charge is -2.13. The molecule has 0 amide bonds. The minimum atomic E-state index is -0.0924. The first-order valence-electron chi connectivity index (χ1n) is 5.48. The standard InChI is InChI=1S/C13H16N2O2/c1-9-6-7-10(2)15(9)14-8-11-4-3-5-12(16)13(11)17/h3-7,14,16-17H,8H2,1-2H3. The number of aryl methyl sites for hydroxylation is 2. The summed E-state index contributed by atoms with van der Waals surface area (Å²) in [6.07, 6.45) is 0. The van der Waals surface area contributed by atoms with Crippen LogP contribution in [0.4, 0.5) is 0 Å². The Morgan fingerprint density at radius 3 is 2.35 bits per heavy atom. The van der Waals surface area contributed by atoms with Crippen LogP contribution in [0.25, 0.3) is 0 Å². The maximum atomic E-state index is 9.67. The van der Waals surface area contributed by atoms with E-state index in [1.807, 2.05) is 30.7 Å². The zero-order valence-corrected chi connectivity index (χ0v) is 9.94. The molecule has 0 aliphatic rings. The van der Waals surface area contributed by atoms with E-state index in [4.69, 9.17) is 0 Å². The van der Waals surface area contributed by atoms with E-state index >= 15 is 0 Å². The highest BCUT2D eigenvalue weighted by Crippen LogP contribution is 2.28. The number of benzene rings is 1. The average Bonchev–Trinajstić information content (AvgIpc) is 2.62. The van der Waals surface area contributed by atoms with Gasteiger partial charge in [-0.2, -0.15) is 0 Å². The number of aromatic hydroxyl groups is 2. The van der Waals surface area contributed by atoms with Gasteiger partial charge in [0.15, 0.2) is 11.5 Å². The van der Waals surface area contributed by atoms with E-state index in [0.717, 1.165) is 11.4 Å². The van der Waals surface area contributed by atoms with Crippen molar-refractivity contribution >= 4 is 0 Å². The number of nitrogens with zero attached hydrogens (tertiary/aromatic N) is 1. The third-order valence-corrected chi connectivity index (χ3v) is 2.80. The Hall–Kier alpha value is -2.10. The number of phenols is 2. The van der Waals surface area contributed by atoms with Gasteiger partial charge in [-0.15, -0.1) is 0 Å². The third kappa shape index (κ3) is 2.20. The van der Waals surface area contributed by atoms with Crippen molar-refractivity contribution < 1.29 is 10.2 Å². The predicted molar refractivity (Wildman–Crippen MR) is 66.7 cm³/mol. The minimum Gasteiger partial charge on any atom is -0.504 e. The second-order valence-corrected chi connectivity index (χ2v) is 4.07. The topological polar surface area (TPSA) is 57.4 Å². The molecule has 17 heavy (non-hydrogen) atoms. The fourth-order valence-electron chi connectivity index (χ4n) is 1.80. The van der Waals surface area contributed by atoms with Crippen molar-refractivity contribution in [2.75, 3.05) is 5.43 Å². The van der Waals surface area contributed by atoms with Crippen molar-refractivity contribution in [3.63, 3.8) is 0 Å². The molecule has 0 atom stereocenters. The van der Waals surface area contributed by atoms with Crippen LogP contribution in [0.3, 0.4) is 0 Å². The maximum Gasteiger partial charge on any atom is 0.162 e. The number of phenolic OH excluding ortho intramolecular Hbond substituents is 2. The van der Waals surface area contributed by atoms with Gasteiger partial charge in [0.1, 0.15) is 0 Å². The molecule has 4 heteroatoms. The summed E-state index contributed by atoms with van der Waals surface area (Å²) in [5.41, 5.74) is 6.05. The molecule has 90 valence electrons. The number of hydrogen-bond donors (Lipinski definition) is 3. The predicted octanol–water partition coefficient (Wildman–Crippen LogP) is 2.26. The van der Waals surface area contributed by atoms with Crippen molar-refractivity contribution in [1.82, 2.24) is 4.68 Å². The summed E-state index contributed by atoms with van der Waals surface area (Å²) in [6, 6.07) is 8.98. The third-order valence-electron chi connectivity index (χ3n) is 2.80.